The Balaban J connectivity index is 1.91. The van der Waals surface area contributed by atoms with Crippen LogP contribution in [0.3, 0.4) is 0 Å². The molecular weight excluding hydrogens is 348 g/mol. The fourth-order valence-corrected chi connectivity index (χ4v) is 2.50. The standard InChI is InChI=1S/C20H24N2O5/c1-3-26-19(24)18(20(25)27-4-2)21-17(23)12-9-15-7-10-16(11-8-15)22-13-5-6-14-22/h5-8,10-11,13-14,18H,3-4,9,12H2,1-2H3,(H,21,23). The zero-order valence-electron chi connectivity index (χ0n) is 15.5. The second-order valence-corrected chi connectivity index (χ2v) is 5.76. The Morgan fingerprint density at radius 2 is 1.52 bits per heavy atom. The van der Waals surface area contributed by atoms with E-state index in [2.05, 4.69) is 5.32 Å². The quantitative estimate of drug-likeness (QED) is 0.538. The zero-order valence-corrected chi connectivity index (χ0v) is 15.5. The van der Waals surface area contributed by atoms with E-state index in [0.717, 1.165) is 11.3 Å². The second kappa shape index (κ2) is 10.2. The lowest BCUT2D eigenvalue weighted by Gasteiger charge is -2.15. The van der Waals surface area contributed by atoms with Gasteiger partial charge in [0, 0.05) is 24.5 Å². The number of hydrogen-bond donors (Lipinski definition) is 1. The molecule has 0 bridgehead atoms. The maximum atomic E-state index is 12.2. The third kappa shape index (κ3) is 5.99. The number of amides is 1. The highest BCUT2D eigenvalue weighted by Gasteiger charge is 2.30. The lowest BCUT2D eigenvalue weighted by atomic mass is 10.1. The molecule has 27 heavy (non-hydrogen) atoms. The van der Waals surface area contributed by atoms with Gasteiger partial charge in [0.05, 0.1) is 13.2 Å². The van der Waals surface area contributed by atoms with E-state index in [1.54, 1.807) is 13.8 Å². The van der Waals surface area contributed by atoms with E-state index in [9.17, 15) is 14.4 Å². The largest absolute Gasteiger partial charge is 0.464 e. The summed E-state index contributed by atoms with van der Waals surface area (Å²) in [6.07, 6.45) is 4.52. The minimum absolute atomic E-state index is 0.109. The van der Waals surface area contributed by atoms with Crippen LogP contribution in [0.2, 0.25) is 0 Å². The van der Waals surface area contributed by atoms with Crippen LogP contribution < -0.4 is 5.32 Å². The maximum Gasteiger partial charge on any atom is 0.340 e. The van der Waals surface area contributed by atoms with E-state index in [4.69, 9.17) is 9.47 Å². The van der Waals surface area contributed by atoms with Crippen molar-refractivity contribution in [1.29, 1.82) is 0 Å². The minimum Gasteiger partial charge on any atom is -0.464 e. The summed E-state index contributed by atoms with van der Waals surface area (Å²) in [5.41, 5.74) is 2.00. The van der Waals surface area contributed by atoms with Crippen LogP contribution in [-0.4, -0.2) is 41.7 Å². The van der Waals surface area contributed by atoms with Crippen molar-refractivity contribution >= 4 is 17.8 Å². The molecule has 0 aliphatic heterocycles. The Labute approximate surface area is 158 Å². The summed E-state index contributed by atoms with van der Waals surface area (Å²) in [5, 5.41) is 2.40. The number of benzene rings is 1. The van der Waals surface area contributed by atoms with Crippen LogP contribution in [0, 0.1) is 0 Å². The van der Waals surface area contributed by atoms with Gasteiger partial charge in [-0.15, -0.1) is 0 Å². The van der Waals surface area contributed by atoms with Gasteiger partial charge in [0.1, 0.15) is 0 Å². The number of nitrogens with zero attached hydrogens (tertiary/aromatic N) is 1. The number of esters is 2. The van der Waals surface area contributed by atoms with Gasteiger partial charge in [-0.2, -0.15) is 0 Å². The lowest BCUT2D eigenvalue weighted by molar-refractivity contribution is -0.159. The summed E-state index contributed by atoms with van der Waals surface area (Å²) in [7, 11) is 0. The number of nitrogens with one attached hydrogen (secondary N) is 1. The van der Waals surface area contributed by atoms with Gasteiger partial charge in [-0.1, -0.05) is 12.1 Å². The molecule has 0 fully saturated rings. The molecule has 0 saturated heterocycles. The van der Waals surface area contributed by atoms with E-state index in [-0.39, 0.29) is 19.6 Å². The molecule has 0 aliphatic rings. The van der Waals surface area contributed by atoms with Crippen LogP contribution >= 0.6 is 0 Å². The molecule has 1 heterocycles. The summed E-state index contributed by atoms with van der Waals surface area (Å²) in [4.78, 5) is 35.9. The monoisotopic (exact) mass is 372 g/mol. The fraction of sp³-hybridized carbons (Fsp3) is 0.350. The van der Waals surface area contributed by atoms with Crippen LogP contribution in [0.25, 0.3) is 5.69 Å². The Kier molecular flexibility index (Phi) is 7.61. The van der Waals surface area contributed by atoms with Crippen LogP contribution in [0.5, 0.6) is 0 Å². The smallest absolute Gasteiger partial charge is 0.340 e. The van der Waals surface area contributed by atoms with Crippen LogP contribution in [-0.2, 0) is 30.3 Å². The first-order chi connectivity index (χ1) is 13.0. The Hall–Kier alpha value is -3.09. The maximum absolute atomic E-state index is 12.2. The third-order valence-electron chi connectivity index (χ3n) is 3.83. The predicted molar refractivity (Wildman–Crippen MR) is 99.3 cm³/mol. The molecule has 144 valence electrons. The SMILES string of the molecule is CCOC(=O)C(NC(=O)CCc1ccc(-n2cccc2)cc1)C(=O)OCC. The van der Waals surface area contributed by atoms with Crippen LogP contribution in [0.4, 0.5) is 0 Å². The fourth-order valence-electron chi connectivity index (χ4n) is 2.50. The van der Waals surface area contributed by atoms with E-state index in [1.165, 1.54) is 0 Å². The van der Waals surface area contributed by atoms with Gasteiger partial charge in [-0.3, -0.25) is 4.79 Å². The molecule has 1 amide bonds. The molecule has 0 radical (unpaired) electrons. The van der Waals surface area contributed by atoms with Gasteiger partial charge in [-0.25, -0.2) is 9.59 Å². The summed E-state index contributed by atoms with van der Waals surface area (Å²) < 4.78 is 11.6. The summed E-state index contributed by atoms with van der Waals surface area (Å²) >= 11 is 0. The van der Waals surface area contributed by atoms with E-state index in [1.807, 2.05) is 53.4 Å². The molecule has 7 nitrogen and oxygen atoms in total. The molecule has 0 atom stereocenters. The van der Waals surface area contributed by atoms with Crippen LogP contribution in [0.15, 0.2) is 48.8 Å². The van der Waals surface area contributed by atoms with Gasteiger partial charge in [-0.05, 0) is 50.1 Å². The van der Waals surface area contributed by atoms with E-state index < -0.39 is 23.9 Å². The second-order valence-electron chi connectivity index (χ2n) is 5.76. The van der Waals surface area contributed by atoms with Crippen molar-refractivity contribution in [3.8, 4) is 5.69 Å². The van der Waals surface area contributed by atoms with Crippen molar-refractivity contribution in [3.63, 3.8) is 0 Å². The first kappa shape index (κ1) is 20.2. The molecule has 0 spiro atoms. The highest BCUT2D eigenvalue weighted by molar-refractivity contribution is 6.02. The third-order valence-corrected chi connectivity index (χ3v) is 3.83. The summed E-state index contributed by atoms with van der Waals surface area (Å²) in [5.74, 6) is -2.06. The van der Waals surface area contributed by atoms with Crippen molar-refractivity contribution < 1.29 is 23.9 Å². The van der Waals surface area contributed by atoms with E-state index >= 15 is 0 Å². The Bertz CT molecular complexity index is 735. The van der Waals surface area contributed by atoms with Crippen molar-refractivity contribution in [2.75, 3.05) is 13.2 Å². The average Bonchev–Trinajstić information content (AvgIpc) is 3.20. The molecule has 1 aromatic carbocycles. The number of aromatic nitrogens is 1. The first-order valence-electron chi connectivity index (χ1n) is 8.90. The van der Waals surface area contributed by atoms with Crippen molar-refractivity contribution in [1.82, 2.24) is 9.88 Å². The Morgan fingerprint density at radius 3 is 2.04 bits per heavy atom. The molecule has 1 aromatic heterocycles. The van der Waals surface area contributed by atoms with Crippen molar-refractivity contribution in [2.24, 2.45) is 0 Å². The van der Waals surface area contributed by atoms with Crippen LogP contribution in [0.1, 0.15) is 25.8 Å². The number of carbonyl (C=O) groups excluding carboxylic acids is 3. The van der Waals surface area contributed by atoms with Gasteiger partial charge < -0.3 is 19.4 Å². The number of carbonyl (C=O) groups is 3. The molecule has 0 aliphatic carbocycles. The lowest BCUT2D eigenvalue weighted by Crippen LogP contribution is -2.48. The topological polar surface area (TPSA) is 86.6 Å². The minimum atomic E-state index is -1.44. The van der Waals surface area contributed by atoms with Gasteiger partial charge in [0.2, 0.25) is 11.9 Å². The molecule has 2 rings (SSSR count). The van der Waals surface area contributed by atoms with Crippen molar-refractivity contribution in [2.45, 2.75) is 32.7 Å². The number of aryl methyl sites for hydroxylation is 1. The molecule has 0 saturated carbocycles. The molecule has 2 aromatic rings. The van der Waals surface area contributed by atoms with Gasteiger partial charge >= 0.3 is 11.9 Å². The first-order valence-corrected chi connectivity index (χ1v) is 8.90. The van der Waals surface area contributed by atoms with Gasteiger partial charge in [0.25, 0.3) is 0 Å². The molecule has 0 unspecified atom stereocenters. The number of ether oxygens (including phenoxy) is 2. The predicted octanol–water partition coefficient (Wildman–Crippen LogP) is 2.02. The highest BCUT2D eigenvalue weighted by atomic mass is 16.6. The molecule has 7 heteroatoms. The molecule has 1 N–H and O–H groups in total. The normalized spacial score (nSPS) is 10.5. The summed E-state index contributed by atoms with van der Waals surface area (Å²) in [6, 6.07) is 10.3. The zero-order chi connectivity index (χ0) is 19.6. The molecular formula is C20H24N2O5. The van der Waals surface area contributed by atoms with Crippen molar-refractivity contribution in [3.05, 3.63) is 54.4 Å². The number of rotatable bonds is 9. The Morgan fingerprint density at radius 1 is 0.963 bits per heavy atom. The highest BCUT2D eigenvalue weighted by Crippen LogP contribution is 2.11. The van der Waals surface area contributed by atoms with E-state index in [0.29, 0.717) is 6.42 Å². The summed E-state index contributed by atoms with van der Waals surface area (Å²) in [6.45, 7) is 3.47. The van der Waals surface area contributed by atoms with Gasteiger partial charge in [0.15, 0.2) is 0 Å². The number of hydrogen-bond acceptors (Lipinski definition) is 5. The average molecular weight is 372 g/mol.